The number of rotatable bonds is 6. The molecule has 2 N–H and O–H groups in total. The molecule has 0 radical (unpaired) electrons. The van der Waals surface area contributed by atoms with Crippen molar-refractivity contribution in [1.29, 1.82) is 0 Å². The van der Waals surface area contributed by atoms with E-state index in [-0.39, 0.29) is 18.8 Å². The van der Waals surface area contributed by atoms with Crippen molar-refractivity contribution in [3.05, 3.63) is 18.0 Å². The summed E-state index contributed by atoms with van der Waals surface area (Å²) in [7, 11) is 0. The quantitative estimate of drug-likeness (QED) is 0.610. The lowest BCUT2D eigenvalue weighted by atomic mass is 10.4. The molecule has 1 rings (SSSR count). The maximum atomic E-state index is 10.5. The first-order valence-electron chi connectivity index (χ1n) is 4.18. The monoisotopic (exact) mass is 200 g/mol. The van der Waals surface area contributed by atoms with Crippen molar-refractivity contribution in [2.45, 2.75) is 6.54 Å². The van der Waals surface area contributed by atoms with E-state index >= 15 is 0 Å². The summed E-state index contributed by atoms with van der Waals surface area (Å²) >= 11 is 0. The second kappa shape index (κ2) is 5.36. The summed E-state index contributed by atoms with van der Waals surface area (Å²) in [6.45, 7) is 1.15. The second-order valence-corrected chi connectivity index (χ2v) is 2.63. The van der Waals surface area contributed by atoms with Gasteiger partial charge in [-0.15, -0.1) is 0 Å². The molecule has 0 aliphatic carbocycles. The summed E-state index contributed by atoms with van der Waals surface area (Å²) in [5.41, 5.74) is 0.159. The molecule has 0 fully saturated rings. The maximum absolute atomic E-state index is 10.5. The van der Waals surface area contributed by atoms with E-state index in [0.29, 0.717) is 13.2 Å². The van der Waals surface area contributed by atoms with Crippen LogP contribution in [0.25, 0.3) is 0 Å². The first kappa shape index (κ1) is 10.7. The van der Waals surface area contributed by atoms with E-state index in [0.717, 1.165) is 0 Å². The van der Waals surface area contributed by atoms with Crippen LogP contribution in [0.1, 0.15) is 10.4 Å². The van der Waals surface area contributed by atoms with Gasteiger partial charge in [0.25, 0.3) is 0 Å². The molecule has 6 nitrogen and oxygen atoms in total. The minimum Gasteiger partial charge on any atom is -0.478 e. The molecule has 1 aromatic rings. The number of aromatic nitrogens is 2. The van der Waals surface area contributed by atoms with E-state index in [1.807, 2.05) is 0 Å². The molecule has 78 valence electrons. The average molecular weight is 200 g/mol. The van der Waals surface area contributed by atoms with Crippen LogP contribution in [0, 0.1) is 0 Å². The highest BCUT2D eigenvalue weighted by Crippen LogP contribution is 1.96. The molecule has 14 heavy (non-hydrogen) atoms. The first-order chi connectivity index (χ1) is 6.74. The highest BCUT2D eigenvalue weighted by Gasteiger charge is 2.04. The van der Waals surface area contributed by atoms with E-state index in [4.69, 9.17) is 14.9 Å². The van der Waals surface area contributed by atoms with Crippen LogP contribution in [-0.2, 0) is 11.3 Å². The summed E-state index contributed by atoms with van der Waals surface area (Å²) in [5, 5.41) is 20.8. The Kier molecular flexibility index (Phi) is 4.09. The molecule has 0 unspecified atom stereocenters. The molecule has 0 atom stereocenters. The molecular weight excluding hydrogens is 188 g/mol. The van der Waals surface area contributed by atoms with Crippen LogP contribution in [0.3, 0.4) is 0 Å². The number of carboxylic acids is 1. The zero-order valence-corrected chi connectivity index (χ0v) is 7.59. The molecule has 0 saturated heterocycles. The van der Waals surface area contributed by atoms with Crippen molar-refractivity contribution >= 4 is 5.97 Å². The topological polar surface area (TPSA) is 84.6 Å². The van der Waals surface area contributed by atoms with Gasteiger partial charge >= 0.3 is 5.97 Å². The largest absolute Gasteiger partial charge is 0.478 e. The normalized spacial score (nSPS) is 10.4. The molecule has 0 aromatic carbocycles. The zero-order chi connectivity index (χ0) is 10.4. The minimum absolute atomic E-state index is 0.0144. The number of aromatic carboxylic acids is 1. The average Bonchev–Trinajstić information content (AvgIpc) is 2.61. The molecule has 0 bridgehead atoms. The third kappa shape index (κ3) is 3.15. The molecule has 1 aromatic heterocycles. The van der Waals surface area contributed by atoms with Gasteiger partial charge in [-0.05, 0) is 0 Å². The number of ether oxygens (including phenoxy) is 1. The Labute approximate surface area is 80.7 Å². The molecule has 0 aliphatic heterocycles. The van der Waals surface area contributed by atoms with Gasteiger partial charge in [0.15, 0.2) is 0 Å². The molecule has 0 amide bonds. The van der Waals surface area contributed by atoms with E-state index in [1.54, 1.807) is 0 Å². The van der Waals surface area contributed by atoms with Gasteiger partial charge in [-0.1, -0.05) is 0 Å². The zero-order valence-electron chi connectivity index (χ0n) is 7.59. The summed E-state index contributed by atoms with van der Waals surface area (Å²) in [6.07, 6.45) is 2.72. The van der Waals surface area contributed by atoms with Crippen LogP contribution in [0.5, 0.6) is 0 Å². The number of aliphatic hydroxyl groups is 1. The van der Waals surface area contributed by atoms with Crippen molar-refractivity contribution in [2.75, 3.05) is 19.8 Å². The lowest BCUT2D eigenvalue weighted by Crippen LogP contribution is -2.08. The van der Waals surface area contributed by atoms with E-state index in [2.05, 4.69) is 5.10 Å². The Hall–Kier alpha value is -1.40. The number of hydrogen-bond donors (Lipinski definition) is 2. The van der Waals surface area contributed by atoms with Crippen molar-refractivity contribution < 1.29 is 19.7 Å². The highest BCUT2D eigenvalue weighted by atomic mass is 16.5. The lowest BCUT2D eigenvalue weighted by molar-refractivity contribution is 0.0696. The van der Waals surface area contributed by atoms with Crippen LogP contribution in [0.2, 0.25) is 0 Å². The van der Waals surface area contributed by atoms with Gasteiger partial charge in [0.05, 0.1) is 38.1 Å². The van der Waals surface area contributed by atoms with Crippen molar-refractivity contribution in [1.82, 2.24) is 9.78 Å². The fraction of sp³-hybridized carbons (Fsp3) is 0.500. The van der Waals surface area contributed by atoms with Gasteiger partial charge in [-0.25, -0.2) is 4.79 Å². The minimum atomic E-state index is -0.993. The Balaban J connectivity index is 2.33. The predicted octanol–water partition coefficient (Wildman–Crippen LogP) is -0.410. The Morgan fingerprint density at radius 3 is 2.93 bits per heavy atom. The van der Waals surface area contributed by atoms with Gasteiger partial charge in [-0.2, -0.15) is 5.10 Å². The van der Waals surface area contributed by atoms with E-state index < -0.39 is 5.97 Å². The number of carboxylic acid groups (broad SMARTS) is 1. The van der Waals surface area contributed by atoms with Crippen LogP contribution in [0.4, 0.5) is 0 Å². The Morgan fingerprint density at radius 1 is 1.57 bits per heavy atom. The fourth-order valence-electron chi connectivity index (χ4n) is 0.921. The van der Waals surface area contributed by atoms with E-state index in [9.17, 15) is 4.79 Å². The lowest BCUT2D eigenvalue weighted by Gasteiger charge is -2.01. The van der Waals surface area contributed by atoms with Crippen LogP contribution >= 0.6 is 0 Å². The highest BCUT2D eigenvalue weighted by molar-refractivity contribution is 5.86. The standard InChI is InChI=1S/C8H12N2O4/c11-2-4-14-3-1-10-6-7(5-9-10)8(12)13/h5-6,11H,1-4H2,(H,12,13). The van der Waals surface area contributed by atoms with Gasteiger partial charge in [0, 0.05) is 6.20 Å². The maximum Gasteiger partial charge on any atom is 0.338 e. The fourth-order valence-corrected chi connectivity index (χ4v) is 0.921. The third-order valence-electron chi connectivity index (χ3n) is 1.58. The SMILES string of the molecule is O=C(O)c1cnn(CCOCCO)c1. The summed E-state index contributed by atoms with van der Waals surface area (Å²) in [4.78, 5) is 10.5. The molecule has 0 aliphatic rings. The molecule has 0 spiro atoms. The Morgan fingerprint density at radius 2 is 2.36 bits per heavy atom. The van der Waals surface area contributed by atoms with E-state index in [1.165, 1.54) is 17.1 Å². The van der Waals surface area contributed by atoms with Crippen molar-refractivity contribution in [2.24, 2.45) is 0 Å². The molecular formula is C8H12N2O4. The third-order valence-corrected chi connectivity index (χ3v) is 1.58. The van der Waals surface area contributed by atoms with Gasteiger partial charge in [-0.3, -0.25) is 4.68 Å². The predicted molar refractivity (Wildman–Crippen MR) is 47.1 cm³/mol. The van der Waals surface area contributed by atoms with Gasteiger partial charge in [0.2, 0.25) is 0 Å². The molecule has 0 saturated carbocycles. The van der Waals surface area contributed by atoms with Crippen molar-refractivity contribution in [3.8, 4) is 0 Å². The van der Waals surface area contributed by atoms with Crippen LogP contribution in [-0.4, -0.2) is 45.8 Å². The Bertz CT molecular complexity index is 297. The summed E-state index contributed by atoms with van der Waals surface area (Å²) in [5.74, 6) is -0.993. The van der Waals surface area contributed by atoms with Crippen LogP contribution < -0.4 is 0 Å². The first-order valence-corrected chi connectivity index (χ1v) is 4.18. The number of aliphatic hydroxyl groups excluding tert-OH is 1. The number of carbonyl (C=O) groups is 1. The number of nitrogens with zero attached hydrogens (tertiary/aromatic N) is 2. The van der Waals surface area contributed by atoms with Crippen molar-refractivity contribution in [3.63, 3.8) is 0 Å². The summed E-state index contributed by atoms with van der Waals surface area (Å²) in [6, 6.07) is 0. The molecule has 6 heteroatoms. The number of hydrogen-bond acceptors (Lipinski definition) is 4. The molecule has 1 heterocycles. The summed E-state index contributed by atoms with van der Waals surface area (Å²) < 4.78 is 6.49. The van der Waals surface area contributed by atoms with Gasteiger partial charge in [0.1, 0.15) is 0 Å². The van der Waals surface area contributed by atoms with Crippen LogP contribution in [0.15, 0.2) is 12.4 Å². The second-order valence-electron chi connectivity index (χ2n) is 2.63. The van der Waals surface area contributed by atoms with Gasteiger partial charge < -0.3 is 14.9 Å². The smallest absolute Gasteiger partial charge is 0.338 e.